The molecule has 0 aliphatic carbocycles. The van der Waals surface area contributed by atoms with Gasteiger partial charge in [0.05, 0.1) is 30.5 Å². The molecule has 1 aromatic carbocycles. The van der Waals surface area contributed by atoms with Gasteiger partial charge in [-0.05, 0) is 18.2 Å². The minimum atomic E-state index is -0.706. The number of carbonyl (C=O) groups excluding carboxylic acids is 1. The van der Waals surface area contributed by atoms with Gasteiger partial charge in [-0.2, -0.15) is 0 Å². The van der Waals surface area contributed by atoms with Gasteiger partial charge in [-0.15, -0.1) is 11.3 Å². The van der Waals surface area contributed by atoms with E-state index < -0.39 is 11.9 Å². The highest BCUT2D eigenvalue weighted by Crippen LogP contribution is 2.19. The van der Waals surface area contributed by atoms with Crippen molar-refractivity contribution in [2.24, 2.45) is 0 Å². The van der Waals surface area contributed by atoms with E-state index >= 15 is 0 Å². The van der Waals surface area contributed by atoms with Crippen LogP contribution in [0, 0.1) is 5.82 Å². The minimum Gasteiger partial charge on any atom is -0.453 e. The number of carbonyl (C=O) groups is 1. The molecule has 0 spiro atoms. The van der Waals surface area contributed by atoms with Crippen LogP contribution in [0.2, 0.25) is 0 Å². The molecule has 1 heterocycles. The summed E-state index contributed by atoms with van der Waals surface area (Å²) in [5, 5.41) is 7.24. The number of thiazole rings is 1. The molecule has 7 heteroatoms. The lowest BCUT2D eigenvalue weighted by atomic mass is 10.2. The molecule has 0 radical (unpaired) electrons. The maximum Gasteiger partial charge on any atom is 0.411 e. The summed E-state index contributed by atoms with van der Waals surface area (Å²) in [5.74, 6) is -0.534. The number of aromatic nitrogens is 1. The van der Waals surface area contributed by atoms with Gasteiger partial charge >= 0.3 is 6.09 Å². The Morgan fingerprint density at radius 1 is 1.53 bits per heavy atom. The first-order chi connectivity index (χ1) is 9.19. The van der Waals surface area contributed by atoms with Gasteiger partial charge < -0.3 is 10.1 Å². The summed E-state index contributed by atoms with van der Waals surface area (Å²) >= 11 is 1.50. The van der Waals surface area contributed by atoms with Crippen LogP contribution in [0.3, 0.4) is 0 Å². The fraction of sp³-hybridized carbons (Fsp3) is 0.167. The van der Waals surface area contributed by atoms with Crippen LogP contribution in [0.5, 0.6) is 0 Å². The van der Waals surface area contributed by atoms with Crippen LogP contribution in [0.4, 0.5) is 20.6 Å². The van der Waals surface area contributed by atoms with E-state index in [2.05, 4.69) is 20.4 Å². The number of hydrogen-bond acceptors (Lipinski definition) is 5. The van der Waals surface area contributed by atoms with Gasteiger partial charge in [0.25, 0.3) is 0 Å². The van der Waals surface area contributed by atoms with E-state index in [-0.39, 0.29) is 5.69 Å². The summed E-state index contributed by atoms with van der Waals surface area (Å²) in [4.78, 5) is 15.1. The van der Waals surface area contributed by atoms with E-state index in [4.69, 9.17) is 0 Å². The van der Waals surface area contributed by atoms with E-state index in [9.17, 15) is 9.18 Å². The Kier molecular flexibility index (Phi) is 4.30. The number of halogens is 1. The third-order valence-electron chi connectivity index (χ3n) is 2.35. The van der Waals surface area contributed by atoms with Gasteiger partial charge in [0.1, 0.15) is 5.82 Å². The number of nitrogens with zero attached hydrogens (tertiary/aromatic N) is 1. The summed E-state index contributed by atoms with van der Waals surface area (Å²) in [6, 6.07) is 4.44. The first-order valence-corrected chi connectivity index (χ1v) is 6.39. The van der Waals surface area contributed by atoms with Gasteiger partial charge in [-0.3, -0.25) is 5.32 Å². The van der Waals surface area contributed by atoms with Crippen LogP contribution in [0.1, 0.15) is 5.69 Å². The zero-order chi connectivity index (χ0) is 13.7. The molecule has 2 rings (SSSR count). The Bertz CT molecular complexity index is 560. The lowest BCUT2D eigenvalue weighted by Gasteiger charge is -2.08. The molecule has 5 nitrogen and oxygen atoms in total. The second-order valence-electron chi connectivity index (χ2n) is 3.64. The molecular weight excluding hydrogens is 269 g/mol. The van der Waals surface area contributed by atoms with Crippen molar-refractivity contribution in [2.45, 2.75) is 6.54 Å². The Hall–Kier alpha value is -2.15. The Morgan fingerprint density at radius 3 is 3.00 bits per heavy atom. The predicted molar refractivity (Wildman–Crippen MR) is 71.9 cm³/mol. The molecule has 0 fully saturated rings. The zero-order valence-corrected chi connectivity index (χ0v) is 11.0. The van der Waals surface area contributed by atoms with Gasteiger partial charge in [0, 0.05) is 11.1 Å². The molecule has 0 bridgehead atoms. The van der Waals surface area contributed by atoms with Crippen molar-refractivity contribution in [2.75, 3.05) is 17.7 Å². The maximum absolute atomic E-state index is 13.7. The van der Waals surface area contributed by atoms with Crippen LogP contribution in [-0.4, -0.2) is 18.2 Å². The van der Waals surface area contributed by atoms with Crippen molar-refractivity contribution in [3.05, 3.63) is 40.6 Å². The SMILES string of the molecule is COC(=O)Nc1ccc(NCc2cscn2)cc1F. The van der Waals surface area contributed by atoms with E-state index in [1.165, 1.54) is 30.6 Å². The van der Waals surface area contributed by atoms with Crippen molar-refractivity contribution in [1.82, 2.24) is 4.98 Å². The molecule has 0 unspecified atom stereocenters. The molecule has 100 valence electrons. The fourth-order valence-electron chi connectivity index (χ4n) is 1.40. The Morgan fingerprint density at radius 2 is 2.37 bits per heavy atom. The number of anilines is 2. The molecule has 0 saturated heterocycles. The smallest absolute Gasteiger partial charge is 0.411 e. The molecule has 0 aliphatic heterocycles. The monoisotopic (exact) mass is 281 g/mol. The van der Waals surface area contributed by atoms with Crippen molar-refractivity contribution in [3.63, 3.8) is 0 Å². The molecular formula is C12H12FN3O2S. The van der Waals surface area contributed by atoms with Crippen LogP contribution in [-0.2, 0) is 11.3 Å². The molecule has 2 N–H and O–H groups in total. The van der Waals surface area contributed by atoms with E-state index in [0.717, 1.165) is 5.69 Å². The summed E-state index contributed by atoms with van der Waals surface area (Å²) < 4.78 is 18.1. The molecule has 19 heavy (non-hydrogen) atoms. The van der Waals surface area contributed by atoms with E-state index in [1.54, 1.807) is 11.6 Å². The van der Waals surface area contributed by atoms with Crippen LogP contribution < -0.4 is 10.6 Å². The largest absolute Gasteiger partial charge is 0.453 e. The quantitative estimate of drug-likeness (QED) is 0.904. The second kappa shape index (κ2) is 6.14. The van der Waals surface area contributed by atoms with Crippen LogP contribution in [0.25, 0.3) is 0 Å². The van der Waals surface area contributed by atoms with Gasteiger partial charge in [-0.25, -0.2) is 14.2 Å². The highest BCUT2D eigenvalue weighted by Gasteiger charge is 2.07. The first kappa shape index (κ1) is 13.3. The van der Waals surface area contributed by atoms with E-state index in [0.29, 0.717) is 12.2 Å². The molecule has 1 amide bonds. The average molecular weight is 281 g/mol. The number of ether oxygens (including phenoxy) is 1. The van der Waals surface area contributed by atoms with Crippen molar-refractivity contribution in [1.29, 1.82) is 0 Å². The molecule has 0 atom stereocenters. The molecule has 0 aliphatic rings. The fourth-order valence-corrected chi connectivity index (χ4v) is 1.96. The summed E-state index contributed by atoms with van der Waals surface area (Å²) in [5.41, 5.74) is 3.31. The summed E-state index contributed by atoms with van der Waals surface area (Å²) in [6.07, 6.45) is -0.706. The first-order valence-electron chi connectivity index (χ1n) is 5.44. The highest BCUT2D eigenvalue weighted by molar-refractivity contribution is 7.07. The average Bonchev–Trinajstić information content (AvgIpc) is 2.92. The molecule has 1 aromatic heterocycles. The maximum atomic E-state index is 13.7. The lowest BCUT2D eigenvalue weighted by Crippen LogP contribution is -2.12. The Labute approximate surface area is 113 Å². The topological polar surface area (TPSA) is 63.2 Å². The minimum absolute atomic E-state index is 0.0751. The predicted octanol–water partition coefficient (Wildman–Crippen LogP) is 3.07. The van der Waals surface area contributed by atoms with Crippen LogP contribution >= 0.6 is 11.3 Å². The second-order valence-corrected chi connectivity index (χ2v) is 4.36. The molecule has 2 aromatic rings. The third kappa shape index (κ3) is 3.65. The van der Waals surface area contributed by atoms with Gasteiger partial charge in [0.15, 0.2) is 0 Å². The number of amides is 1. The number of benzene rings is 1. The Balaban J connectivity index is 2.00. The van der Waals surface area contributed by atoms with Crippen molar-refractivity contribution < 1.29 is 13.9 Å². The zero-order valence-electron chi connectivity index (χ0n) is 10.1. The highest BCUT2D eigenvalue weighted by atomic mass is 32.1. The van der Waals surface area contributed by atoms with Crippen molar-refractivity contribution >= 4 is 28.8 Å². The van der Waals surface area contributed by atoms with Crippen LogP contribution in [0.15, 0.2) is 29.1 Å². The number of methoxy groups -OCH3 is 1. The lowest BCUT2D eigenvalue weighted by molar-refractivity contribution is 0.187. The summed E-state index contributed by atoms with van der Waals surface area (Å²) in [6.45, 7) is 0.521. The third-order valence-corrected chi connectivity index (χ3v) is 2.98. The number of rotatable bonds is 4. The van der Waals surface area contributed by atoms with Gasteiger partial charge in [-0.1, -0.05) is 0 Å². The summed E-state index contributed by atoms with van der Waals surface area (Å²) in [7, 11) is 1.22. The van der Waals surface area contributed by atoms with E-state index in [1.807, 2.05) is 5.38 Å². The normalized spacial score (nSPS) is 10.0. The standard InChI is InChI=1S/C12H12FN3O2S/c1-18-12(17)16-11-3-2-8(4-10(11)13)14-5-9-6-19-7-15-9/h2-4,6-7,14H,5H2,1H3,(H,16,17). The van der Waals surface area contributed by atoms with Crippen molar-refractivity contribution in [3.8, 4) is 0 Å². The van der Waals surface area contributed by atoms with Gasteiger partial charge in [0.2, 0.25) is 0 Å². The number of nitrogens with one attached hydrogen (secondary N) is 2. The number of hydrogen-bond donors (Lipinski definition) is 2. The molecule has 0 saturated carbocycles.